The van der Waals surface area contributed by atoms with E-state index in [4.69, 9.17) is 5.11 Å². The first kappa shape index (κ1) is 5.70. The molecule has 0 amide bonds. The molecule has 1 heterocycles. The maximum Gasteiger partial charge on any atom is 0.323 e. The van der Waals surface area contributed by atoms with E-state index in [1.165, 1.54) is 0 Å². The van der Waals surface area contributed by atoms with Crippen LogP contribution in [0.2, 0.25) is 0 Å². The third-order valence-electron chi connectivity index (χ3n) is 2.27. The number of rotatable bonds is 1. The van der Waals surface area contributed by atoms with Crippen molar-refractivity contribution >= 4 is 11.9 Å². The number of cyclic esters (lactones) is 1. The molecule has 0 aromatic rings. The molecule has 2 atom stereocenters. The van der Waals surface area contributed by atoms with Crippen LogP contribution in [0.15, 0.2) is 0 Å². The summed E-state index contributed by atoms with van der Waals surface area (Å²) in [7, 11) is 0. The lowest BCUT2D eigenvalue weighted by Crippen LogP contribution is -2.23. The standard InChI is InChI=1S/C6H6O4/c7-4(8)6-1-3(6)2-10-5(6)9/h3H,1-2H2,(H,7,8). The lowest BCUT2D eigenvalue weighted by molar-refractivity contribution is -0.156. The molecule has 2 aliphatic rings. The normalized spacial score (nSPS) is 42.4. The molecule has 2 rings (SSSR count). The molecule has 1 aliphatic heterocycles. The fourth-order valence-corrected chi connectivity index (χ4v) is 1.44. The minimum Gasteiger partial charge on any atom is -0.480 e. The van der Waals surface area contributed by atoms with Crippen LogP contribution in [0.3, 0.4) is 0 Å². The molecule has 0 bridgehead atoms. The Hall–Kier alpha value is -1.06. The van der Waals surface area contributed by atoms with Crippen molar-refractivity contribution in [2.45, 2.75) is 6.42 Å². The lowest BCUT2D eigenvalue weighted by Gasteiger charge is -1.99. The molecule has 54 valence electrons. The second-order valence-electron chi connectivity index (χ2n) is 2.78. The summed E-state index contributed by atoms with van der Waals surface area (Å²) in [5.74, 6) is -1.62. The zero-order chi connectivity index (χ0) is 7.35. The third kappa shape index (κ3) is 0.394. The van der Waals surface area contributed by atoms with Gasteiger partial charge in [-0.1, -0.05) is 0 Å². The minimum atomic E-state index is -1.12. The van der Waals surface area contributed by atoms with Gasteiger partial charge in [-0.3, -0.25) is 9.59 Å². The van der Waals surface area contributed by atoms with Crippen molar-refractivity contribution in [2.24, 2.45) is 11.3 Å². The Bertz CT molecular complexity index is 222. The van der Waals surface area contributed by atoms with E-state index in [-0.39, 0.29) is 5.92 Å². The fourth-order valence-electron chi connectivity index (χ4n) is 1.44. The molecule has 0 aromatic carbocycles. The second-order valence-corrected chi connectivity index (χ2v) is 2.78. The van der Waals surface area contributed by atoms with Crippen molar-refractivity contribution in [1.29, 1.82) is 0 Å². The molecule has 1 saturated heterocycles. The van der Waals surface area contributed by atoms with E-state index in [0.717, 1.165) is 0 Å². The molecule has 1 saturated carbocycles. The predicted molar refractivity (Wildman–Crippen MR) is 29.1 cm³/mol. The van der Waals surface area contributed by atoms with Crippen LogP contribution < -0.4 is 0 Å². The Morgan fingerprint density at radius 3 is 2.70 bits per heavy atom. The number of hydrogen-bond acceptors (Lipinski definition) is 3. The quantitative estimate of drug-likeness (QED) is 0.401. The highest BCUT2D eigenvalue weighted by Crippen LogP contribution is 2.57. The van der Waals surface area contributed by atoms with Crippen LogP contribution in [0.25, 0.3) is 0 Å². The summed E-state index contributed by atoms with van der Waals surface area (Å²) in [6, 6.07) is 0. The van der Waals surface area contributed by atoms with Gasteiger partial charge in [0.25, 0.3) is 0 Å². The minimum absolute atomic E-state index is 0.0440. The molecule has 0 aromatic heterocycles. The first-order chi connectivity index (χ1) is 4.68. The first-order valence-electron chi connectivity index (χ1n) is 3.08. The van der Waals surface area contributed by atoms with Gasteiger partial charge in [0.15, 0.2) is 5.41 Å². The highest BCUT2D eigenvalue weighted by molar-refractivity contribution is 6.04. The number of carbonyl (C=O) groups is 2. The van der Waals surface area contributed by atoms with E-state index >= 15 is 0 Å². The summed E-state index contributed by atoms with van der Waals surface area (Å²) in [6.07, 6.45) is 0.473. The Morgan fingerprint density at radius 1 is 1.80 bits per heavy atom. The largest absolute Gasteiger partial charge is 0.480 e. The monoisotopic (exact) mass is 142 g/mol. The van der Waals surface area contributed by atoms with E-state index in [1.807, 2.05) is 0 Å². The van der Waals surface area contributed by atoms with Crippen LogP contribution in [0.5, 0.6) is 0 Å². The number of aliphatic carboxylic acids is 1. The number of hydrogen-bond donors (Lipinski definition) is 1. The van der Waals surface area contributed by atoms with Gasteiger partial charge in [0.1, 0.15) is 0 Å². The Morgan fingerprint density at radius 2 is 2.50 bits per heavy atom. The summed E-state index contributed by atoms with van der Waals surface area (Å²) < 4.78 is 4.56. The summed E-state index contributed by atoms with van der Waals surface area (Å²) in [5, 5.41) is 8.58. The van der Waals surface area contributed by atoms with E-state index < -0.39 is 17.4 Å². The average molecular weight is 142 g/mol. The number of ether oxygens (including phenoxy) is 1. The number of carboxylic acid groups (broad SMARTS) is 1. The number of carbonyl (C=O) groups excluding carboxylic acids is 1. The molecule has 2 fully saturated rings. The topological polar surface area (TPSA) is 63.6 Å². The van der Waals surface area contributed by atoms with Crippen LogP contribution >= 0.6 is 0 Å². The maximum atomic E-state index is 10.8. The van der Waals surface area contributed by atoms with Crippen molar-refractivity contribution in [3.63, 3.8) is 0 Å². The Kier molecular flexibility index (Phi) is 0.760. The lowest BCUT2D eigenvalue weighted by atomic mass is 10.1. The molecule has 2 unspecified atom stereocenters. The van der Waals surface area contributed by atoms with E-state index in [0.29, 0.717) is 13.0 Å². The molecule has 1 N–H and O–H groups in total. The summed E-state index contributed by atoms with van der Waals surface area (Å²) in [6.45, 7) is 0.297. The van der Waals surface area contributed by atoms with Crippen molar-refractivity contribution in [1.82, 2.24) is 0 Å². The van der Waals surface area contributed by atoms with Crippen molar-refractivity contribution in [3.8, 4) is 0 Å². The number of esters is 1. The molecule has 4 nitrogen and oxygen atoms in total. The molecule has 4 heteroatoms. The Balaban J connectivity index is 2.33. The number of fused-ring (bicyclic) bond motifs is 1. The molecular weight excluding hydrogens is 136 g/mol. The highest BCUT2D eigenvalue weighted by atomic mass is 16.5. The molecule has 0 spiro atoms. The van der Waals surface area contributed by atoms with Gasteiger partial charge in [0, 0.05) is 5.92 Å². The van der Waals surface area contributed by atoms with Crippen LogP contribution in [-0.2, 0) is 14.3 Å². The summed E-state index contributed by atoms with van der Waals surface area (Å²) in [4.78, 5) is 21.3. The van der Waals surface area contributed by atoms with Crippen LogP contribution in [0.4, 0.5) is 0 Å². The molecule has 1 aliphatic carbocycles. The number of carboxylic acids is 1. The van der Waals surface area contributed by atoms with E-state index in [1.54, 1.807) is 0 Å². The zero-order valence-corrected chi connectivity index (χ0v) is 5.16. The van der Waals surface area contributed by atoms with Gasteiger partial charge in [-0.2, -0.15) is 0 Å². The van der Waals surface area contributed by atoms with Gasteiger partial charge < -0.3 is 9.84 Å². The fraction of sp³-hybridized carbons (Fsp3) is 0.667. The Labute approximate surface area is 56.8 Å². The predicted octanol–water partition coefficient (Wildman–Crippen LogP) is -0.366. The average Bonchev–Trinajstić information content (AvgIpc) is 2.52. The SMILES string of the molecule is O=C(O)C12CC1COC2=O. The van der Waals surface area contributed by atoms with E-state index in [2.05, 4.69) is 4.74 Å². The highest BCUT2D eigenvalue weighted by Gasteiger charge is 2.71. The van der Waals surface area contributed by atoms with Gasteiger partial charge >= 0.3 is 11.9 Å². The van der Waals surface area contributed by atoms with Crippen molar-refractivity contribution in [2.75, 3.05) is 6.61 Å². The van der Waals surface area contributed by atoms with Gasteiger partial charge in [-0.25, -0.2) is 0 Å². The van der Waals surface area contributed by atoms with Crippen LogP contribution in [0, 0.1) is 11.3 Å². The van der Waals surface area contributed by atoms with Gasteiger partial charge in [0.2, 0.25) is 0 Å². The first-order valence-corrected chi connectivity index (χ1v) is 3.08. The summed E-state index contributed by atoms with van der Waals surface area (Å²) >= 11 is 0. The van der Waals surface area contributed by atoms with Crippen molar-refractivity contribution < 1.29 is 19.4 Å². The van der Waals surface area contributed by atoms with E-state index in [9.17, 15) is 9.59 Å². The zero-order valence-electron chi connectivity index (χ0n) is 5.16. The third-order valence-corrected chi connectivity index (χ3v) is 2.27. The van der Waals surface area contributed by atoms with Crippen molar-refractivity contribution in [3.05, 3.63) is 0 Å². The maximum absolute atomic E-state index is 10.8. The van der Waals surface area contributed by atoms with Gasteiger partial charge in [0.05, 0.1) is 6.61 Å². The van der Waals surface area contributed by atoms with Crippen LogP contribution in [-0.4, -0.2) is 23.7 Å². The molecule has 10 heavy (non-hydrogen) atoms. The molecular formula is C6H6O4. The second kappa shape index (κ2) is 1.33. The van der Waals surface area contributed by atoms with Gasteiger partial charge in [-0.15, -0.1) is 0 Å². The summed E-state index contributed by atoms with van der Waals surface area (Å²) in [5.41, 5.74) is -1.12. The smallest absolute Gasteiger partial charge is 0.323 e. The van der Waals surface area contributed by atoms with Crippen LogP contribution in [0.1, 0.15) is 6.42 Å². The van der Waals surface area contributed by atoms with Gasteiger partial charge in [-0.05, 0) is 6.42 Å². The molecule has 0 radical (unpaired) electrons.